The third-order valence-corrected chi connectivity index (χ3v) is 3.91. The number of hydrogen-bond donors (Lipinski definition) is 2. The van der Waals surface area contributed by atoms with Gasteiger partial charge in [-0.1, -0.05) is 19.4 Å². The van der Waals surface area contributed by atoms with E-state index in [1.807, 2.05) is 6.92 Å². The van der Waals surface area contributed by atoms with E-state index in [1.54, 1.807) is 26.8 Å². The fourth-order valence-electron chi connectivity index (χ4n) is 2.74. The lowest BCUT2D eigenvalue weighted by Gasteiger charge is -2.30. The number of aliphatic carboxylic acids is 1. The van der Waals surface area contributed by atoms with Gasteiger partial charge in [-0.3, -0.25) is 4.79 Å². The zero-order chi connectivity index (χ0) is 20.0. The van der Waals surface area contributed by atoms with Crippen LogP contribution in [-0.2, 0) is 16.0 Å². The first kappa shape index (κ1) is 21.7. The minimum absolute atomic E-state index is 0.0763. The van der Waals surface area contributed by atoms with Crippen LogP contribution in [0.5, 0.6) is 5.75 Å². The van der Waals surface area contributed by atoms with E-state index in [0.717, 1.165) is 0 Å². The van der Waals surface area contributed by atoms with Crippen LogP contribution in [0.1, 0.15) is 46.1 Å². The van der Waals surface area contributed by atoms with Crippen molar-refractivity contribution in [2.45, 2.75) is 52.6 Å². The van der Waals surface area contributed by atoms with Gasteiger partial charge < -0.3 is 19.9 Å². The molecule has 0 aliphatic carbocycles. The van der Waals surface area contributed by atoms with Crippen LogP contribution >= 0.6 is 0 Å². The Morgan fingerprint density at radius 3 is 2.38 bits per heavy atom. The van der Waals surface area contributed by atoms with Crippen LogP contribution in [0.4, 0.5) is 9.18 Å². The third kappa shape index (κ3) is 6.20. The largest absolute Gasteiger partial charge is 0.494 e. The van der Waals surface area contributed by atoms with Crippen LogP contribution in [0.15, 0.2) is 18.2 Å². The quantitative estimate of drug-likeness (QED) is 0.729. The maximum absolute atomic E-state index is 14.0. The number of rotatable bonds is 8. The molecule has 1 amide bonds. The van der Waals surface area contributed by atoms with Gasteiger partial charge >= 0.3 is 12.1 Å². The summed E-state index contributed by atoms with van der Waals surface area (Å²) in [5.74, 6) is -1.51. The minimum atomic E-state index is -1.26. The summed E-state index contributed by atoms with van der Waals surface area (Å²) >= 11 is 0. The van der Waals surface area contributed by atoms with Crippen LogP contribution in [0, 0.1) is 11.2 Å². The summed E-state index contributed by atoms with van der Waals surface area (Å²) in [7, 11) is 1.36. The van der Waals surface area contributed by atoms with E-state index in [1.165, 1.54) is 19.2 Å². The highest BCUT2D eigenvalue weighted by molar-refractivity contribution is 5.77. The lowest BCUT2D eigenvalue weighted by molar-refractivity contribution is -0.149. The standard InChI is InChI=1S/C19H28FNO5/c1-6-9-19(16(22)23,12-21-17(24)26-18(2,3)4)11-13-7-8-15(25-5)14(20)10-13/h7-8,10H,6,9,11-12H2,1-5H3,(H,21,24)(H,22,23). The van der Waals surface area contributed by atoms with Crippen LogP contribution in [-0.4, -0.2) is 36.4 Å². The average Bonchev–Trinajstić information content (AvgIpc) is 2.51. The lowest BCUT2D eigenvalue weighted by Crippen LogP contribution is -2.46. The molecule has 0 aliphatic rings. The van der Waals surface area contributed by atoms with Crippen molar-refractivity contribution in [2.75, 3.05) is 13.7 Å². The molecule has 0 heterocycles. The summed E-state index contributed by atoms with van der Waals surface area (Å²) in [6.07, 6.45) is 0.319. The molecule has 26 heavy (non-hydrogen) atoms. The Balaban J connectivity index is 3.01. The van der Waals surface area contributed by atoms with Crippen LogP contribution in [0.25, 0.3) is 0 Å². The van der Waals surface area contributed by atoms with Gasteiger partial charge in [0.2, 0.25) is 0 Å². The molecule has 1 rings (SSSR count). The molecule has 0 aromatic heterocycles. The number of benzene rings is 1. The number of alkyl carbamates (subject to hydrolysis) is 1. The van der Waals surface area contributed by atoms with Gasteiger partial charge in [0.25, 0.3) is 0 Å². The summed E-state index contributed by atoms with van der Waals surface area (Å²) in [4.78, 5) is 23.9. The van der Waals surface area contributed by atoms with Gasteiger partial charge in [-0.05, 0) is 51.3 Å². The Bertz CT molecular complexity index is 641. The molecular formula is C19H28FNO5. The molecule has 1 aromatic carbocycles. The zero-order valence-electron chi connectivity index (χ0n) is 16.0. The molecule has 0 bridgehead atoms. The fourth-order valence-corrected chi connectivity index (χ4v) is 2.74. The highest BCUT2D eigenvalue weighted by atomic mass is 19.1. The maximum atomic E-state index is 14.0. The summed E-state index contributed by atoms with van der Waals surface area (Å²) in [5, 5.41) is 12.4. The number of nitrogens with one attached hydrogen (secondary N) is 1. The smallest absolute Gasteiger partial charge is 0.407 e. The van der Waals surface area contributed by atoms with Gasteiger partial charge in [-0.15, -0.1) is 0 Å². The second kappa shape index (κ2) is 8.87. The highest BCUT2D eigenvalue weighted by Crippen LogP contribution is 2.30. The first-order valence-corrected chi connectivity index (χ1v) is 8.55. The summed E-state index contributed by atoms with van der Waals surface area (Å²) < 4.78 is 24.0. The van der Waals surface area contributed by atoms with Crippen molar-refractivity contribution in [3.05, 3.63) is 29.6 Å². The van der Waals surface area contributed by atoms with Gasteiger partial charge in [0.15, 0.2) is 11.6 Å². The third-order valence-electron chi connectivity index (χ3n) is 3.91. The van der Waals surface area contributed by atoms with Crippen LogP contribution in [0.2, 0.25) is 0 Å². The number of amides is 1. The van der Waals surface area contributed by atoms with E-state index >= 15 is 0 Å². The van der Waals surface area contributed by atoms with E-state index < -0.39 is 28.9 Å². The van der Waals surface area contributed by atoms with Gasteiger partial charge in [0, 0.05) is 6.54 Å². The topological polar surface area (TPSA) is 84.9 Å². The SMILES string of the molecule is CCCC(CNC(=O)OC(C)(C)C)(Cc1ccc(OC)c(F)c1)C(=O)O. The van der Waals surface area contributed by atoms with E-state index in [4.69, 9.17) is 9.47 Å². The van der Waals surface area contributed by atoms with Gasteiger partial charge in [-0.25, -0.2) is 9.18 Å². The number of carbonyl (C=O) groups is 2. The van der Waals surface area contributed by atoms with Gasteiger partial charge in [0.1, 0.15) is 5.60 Å². The zero-order valence-corrected chi connectivity index (χ0v) is 16.0. The van der Waals surface area contributed by atoms with Gasteiger partial charge in [-0.2, -0.15) is 0 Å². The molecule has 7 heteroatoms. The Kier molecular flexibility index (Phi) is 7.41. The van der Waals surface area contributed by atoms with Crippen molar-refractivity contribution in [2.24, 2.45) is 5.41 Å². The van der Waals surface area contributed by atoms with Crippen molar-refractivity contribution >= 4 is 12.1 Å². The Labute approximate surface area is 153 Å². The molecule has 1 unspecified atom stereocenters. The van der Waals surface area contributed by atoms with Crippen LogP contribution < -0.4 is 10.1 Å². The molecule has 0 saturated heterocycles. The Morgan fingerprint density at radius 1 is 1.27 bits per heavy atom. The van der Waals surface area contributed by atoms with Crippen molar-refractivity contribution < 1.29 is 28.6 Å². The number of carboxylic acid groups (broad SMARTS) is 1. The van der Waals surface area contributed by atoms with Crippen molar-refractivity contribution in [3.8, 4) is 5.75 Å². The van der Waals surface area contributed by atoms with Crippen molar-refractivity contribution in [3.63, 3.8) is 0 Å². The normalized spacial score (nSPS) is 13.6. The van der Waals surface area contributed by atoms with Crippen LogP contribution in [0.3, 0.4) is 0 Å². The predicted octanol–water partition coefficient (Wildman–Crippen LogP) is 3.77. The molecule has 146 valence electrons. The van der Waals surface area contributed by atoms with E-state index in [9.17, 15) is 19.1 Å². The summed E-state index contributed by atoms with van der Waals surface area (Å²) in [5.41, 5.74) is -1.42. The molecule has 2 N–H and O–H groups in total. The highest BCUT2D eigenvalue weighted by Gasteiger charge is 2.38. The number of ether oxygens (including phenoxy) is 2. The van der Waals surface area contributed by atoms with Gasteiger partial charge in [0.05, 0.1) is 12.5 Å². The monoisotopic (exact) mass is 369 g/mol. The number of hydrogen-bond acceptors (Lipinski definition) is 4. The fraction of sp³-hybridized carbons (Fsp3) is 0.579. The molecule has 0 aliphatic heterocycles. The molecule has 0 saturated carbocycles. The maximum Gasteiger partial charge on any atom is 0.407 e. The molecule has 0 spiro atoms. The lowest BCUT2D eigenvalue weighted by atomic mass is 9.77. The first-order valence-electron chi connectivity index (χ1n) is 8.55. The molecular weight excluding hydrogens is 341 g/mol. The average molecular weight is 369 g/mol. The second-order valence-corrected chi connectivity index (χ2v) is 7.34. The minimum Gasteiger partial charge on any atom is -0.494 e. The van der Waals surface area contributed by atoms with Crippen molar-refractivity contribution in [1.29, 1.82) is 0 Å². The van der Waals surface area contributed by atoms with E-state index in [0.29, 0.717) is 18.4 Å². The first-order chi connectivity index (χ1) is 12.0. The Morgan fingerprint density at radius 2 is 1.92 bits per heavy atom. The summed E-state index contributed by atoms with van der Waals surface area (Å²) in [6.45, 7) is 6.92. The Hall–Kier alpha value is -2.31. The number of carbonyl (C=O) groups excluding carboxylic acids is 1. The molecule has 1 aromatic rings. The molecule has 6 nitrogen and oxygen atoms in total. The number of methoxy groups -OCH3 is 1. The van der Waals surface area contributed by atoms with E-state index in [2.05, 4.69) is 5.32 Å². The molecule has 1 atom stereocenters. The summed E-state index contributed by atoms with van der Waals surface area (Å²) in [6, 6.07) is 4.35. The number of halogens is 1. The second-order valence-electron chi connectivity index (χ2n) is 7.34. The predicted molar refractivity (Wildman–Crippen MR) is 95.9 cm³/mol. The van der Waals surface area contributed by atoms with Crippen molar-refractivity contribution in [1.82, 2.24) is 5.32 Å². The van der Waals surface area contributed by atoms with E-state index in [-0.39, 0.29) is 18.7 Å². The molecule has 0 fully saturated rings. The molecule has 0 radical (unpaired) electrons. The number of carboxylic acids is 1.